The van der Waals surface area contributed by atoms with Crippen molar-refractivity contribution in [3.8, 4) is 11.1 Å². The van der Waals surface area contributed by atoms with E-state index in [-0.39, 0.29) is 6.04 Å². The third-order valence-electron chi connectivity index (χ3n) is 5.28. The molecule has 0 spiro atoms. The van der Waals surface area contributed by atoms with E-state index in [0.29, 0.717) is 6.54 Å². The highest BCUT2D eigenvalue weighted by Gasteiger charge is 2.35. The number of aromatic nitrogens is 2. The molecule has 5 rings (SSSR count). The number of fused-ring (bicyclic) bond motifs is 2. The normalized spacial score (nSPS) is 15.9. The van der Waals surface area contributed by atoms with Crippen LogP contribution in [0.15, 0.2) is 73.2 Å². The smallest absolute Gasteiger partial charge is 0.315 e. The number of nitrogens with zero attached hydrogens (tertiary/aromatic N) is 2. The maximum absolute atomic E-state index is 12.2. The molecule has 27 heavy (non-hydrogen) atoms. The molecule has 0 radical (unpaired) electrons. The monoisotopic (exact) mass is 354 g/mol. The van der Waals surface area contributed by atoms with Gasteiger partial charge in [-0.05, 0) is 40.5 Å². The van der Waals surface area contributed by atoms with E-state index in [4.69, 9.17) is 5.73 Å². The number of carbonyl (C=O) groups is 1. The number of hydrogen-bond donors (Lipinski definition) is 2. The fourth-order valence-corrected chi connectivity index (χ4v) is 4.03. The quantitative estimate of drug-likeness (QED) is 0.566. The van der Waals surface area contributed by atoms with Crippen molar-refractivity contribution < 1.29 is 4.79 Å². The van der Waals surface area contributed by atoms with Crippen LogP contribution in [-0.2, 0) is 6.54 Å². The third-order valence-corrected chi connectivity index (χ3v) is 5.28. The van der Waals surface area contributed by atoms with Crippen molar-refractivity contribution in [2.24, 2.45) is 5.73 Å². The molecule has 5 nitrogen and oxygen atoms in total. The van der Waals surface area contributed by atoms with Gasteiger partial charge in [-0.3, -0.25) is 4.98 Å². The number of aromatic amines is 1. The molecule has 0 fully saturated rings. The highest BCUT2D eigenvalue weighted by Crippen LogP contribution is 2.42. The van der Waals surface area contributed by atoms with Crippen molar-refractivity contribution in [3.05, 3.63) is 89.9 Å². The van der Waals surface area contributed by atoms with Crippen LogP contribution in [0.5, 0.6) is 0 Å². The molecule has 132 valence electrons. The number of amides is 2. The molecule has 0 aliphatic carbocycles. The summed E-state index contributed by atoms with van der Waals surface area (Å²) in [6.07, 6.45) is 5.59. The van der Waals surface area contributed by atoms with Gasteiger partial charge in [-0.25, -0.2) is 4.79 Å². The molecule has 1 aliphatic rings. The molecule has 1 atom stereocenters. The maximum Gasteiger partial charge on any atom is 0.315 e. The number of pyridine rings is 1. The van der Waals surface area contributed by atoms with Crippen LogP contribution in [0, 0.1) is 0 Å². The lowest BCUT2D eigenvalue weighted by Crippen LogP contribution is -2.34. The molecule has 1 aliphatic heterocycles. The summed E-state index contributed by atoms with van der Waals surface area (Å²) in [6.45, 7) is 0.503. The highest BCUT2D eigenvalue weighted by atomic mass is 16.2. The zero-order chi connectivity index (χ0) is 18.4. The van der Waals surface area contributed by atoms with Crippen LogP contribution in [0.25, 0.3) is 22.0 Å². The Kier molecular flexibility index (Phi) is 3.47. The lowest BCUT2D eigenvalue weighted by atomic mass is 9.95. The van der Waals surface area contributed by atoms with Gasteiger partial charge in [0.15, 0.2) is 0 Å². The van der Waals surface area contributed by atoms with E-state index in [1.807, 2.05) is 42.7 Å². The predicted molar refractivity (Wildman–Crippen MR) is 105 cm³/mol. The molecule has 1 unspecified atom stereocenters. The first kappa shape index (κ1) is 15.6. The molecule has 2 aromatic carbocycles. The van der Waals surface area contributed by atoms with Gasteiger partial charge in [-0.2, -0.15) is 0 Å². The summed E-state index contributed by atoms with van der Waals surface area (Å²) in [7, 11) is 0. The summed E-state index contributed by atoms with van der Waals surface area (Å²) in [5.41, 5.74) is 12.2. The van der Waals surface area contributed by atoms with Crippen molar-refractivity contribution in [2.45, 2.75) is 12.6 Å². The van der Waals surface area contributed by atoms with Gasteiger partial charge >= 0.3 is 6.03 Å². The first-order valence-electron chi connectivity index (χ1n) is 8.87. The molecule has 2 aromatic heterocycles. The molecule has 3 heterocycles. The van der Waals surface area contributed by atoms with Gasteiger partial charge in [0.1, 0.15) is 0 Å². The van der Waals surface area contributed by atoms with Gasteiger partial charge in [-0.15, -0.1) is 0 Å². The second kappa shape index (κ2) is 5.99. The summed E-state index contributed by atoms with van der Waals surface area (Å²) in [5, 5.41) is 1.11. The average Bonchev–Trinajstić information content (AvgIpc) is 3.29. The Bertz CT molecular complexity index is 1150. The van der Waals surface area contributed by atoms with E-state index in [0.717, 1.165) is 38.7 Å². The summed E-state index contributed by atoms with van der Waals surface area (Å²) in [4.78, 5) is 21.4. The number of carbonyl (C=O) groups excluding carboxylic acids is 1. The number of primary amides is 1. The number of H-pyrrole nitrogens is 1. The minimum absolute atomic E-state index is 0.184. The average molecular weight is 354 g/mol. The van der Waals surface area contributed by atoms with Crippen LogP contribution >= 0.6 is 0 Å². The van der Waals surface area contributed by atoms with Gasteiger partial charge in [0, 0.05) is 41.6 Å². The van der Waals surface area contributed by atoms with E-state index in [2.05, 4.69) is 34.2 Å². The second-order valence-corrected chi connectivity index (χ2v) is 6.81. The Balaban J connectivity index is 1.65. The SMILES string of the molecule is NC(=O)N1Cc2cc(-c3cccnc3)ccc2C1c1c[nH]c2ccccc12. The fraction of sp³-hybridized carbons (Fsp3) is 0.0909. The van der Waals surface area contributed by atoms with Crippen LogP contribution in [-0.4, -0.2) is 20.9 Å². The largest absolute Gasteiger partial charge is 0.361 e. The van der Waals surface area contributed by atoms with E-state index in [9.17, 15) is 4.79 Å². The summed E-state index contributed by atoms with van der Waals surface area (Å²) < 4.78 is 0. The Morgan fingerprint density at radius 3 is 2.78 bits per heavy atom. The zero-order valence-corrected chi connectivity index (χ0v) is 14.6. The molecule has 2 amide bonds. The molecule has 0 saturated heterocycles. The minimum Gasteiger partial charge on any atom is -0.361 e. The zero-order valence-electron chi connectivity index (χ0n) is 14.6. The van der Waals surface area contributed by atoms with Crippen LogP contribution in [0.2, 0.25) is 0 Å². The molecule has 0 saturated carbocycles. The lowest BCUT2D eigenvalue weighted by molar-refractivity contribution is 0.199. The fourth-order valence-electron chi connectivity index (χ4n) is 4.03. The van der Waals surface area contributed by atoms with Crippen molar-refractivity contribution in [1.29, 1.82) is 0 Å². The van der Waals surface area contributed by atoms with Crippen LogP contribution in [0.1, 0.15) is 22.7 Å². The number of urea groups is 1. The van der Waals surface area contributed by atoms with Crippen LogP contribution in [0.3, 0.4) is 0 Å². The first-order chi connectivity index (χ1) is 13.2. The van der Waals surface area contributed by atoms with E-state index in [1.165, 1.54) is 0 Å². The number of benzene rings is 2. The van der Waals surface area contributed by atoms with Crippen molar-refractivity contribution >= 4 is 16.9 Å². The molecule has 3 N–H and O–H groups in total. The second-order valence-electron chi connectivity index (χ2n) is 6.81. The van der Waals surface area contributed by atoms with Gasteiger partial charge < -0.3 is 15.6 Å². The van der Waals surface area contributed by atoms with E-state index < -0.39 is 6.03 Å². The number of rotatable bonds is 2. The summed E-state index contributed by atoms with van der Waals surface area (Å²) in [5.74, 6) is 0. The summed E-state index contributed by atoms with van der Waals surface area (Å²) >= 11 is 0. The number of hydrogen-bond acceptors (Lipinski definition) is 2. The Labute approximate surface area is 156 Å². The molecular weight excluding hydrogens is 336 g/mol. The standard InChI is InChI=1S/C22H18N4O/c23-22(27)26-13-16-10-14(15-4-3-9-24-11-15)7-8-17(16)21(26)19-12-25-20-6-2-1-5-18(19)20/h1-12,21,25H,13H2,(H2,23,27). The van der Waals surface area contributed by atoms with Crippen LogP contribution < -0.4 is 5.73 Å². The van der Waals surface area contributed by atoms with Gasteiger partial charge in [0.05, 0.1) is 6.04 Å². The Morgan fingerprint density at radius 2 is 1.96 bits per heavy atom. The van der Waals surface area contributed by atoms with Crippen LogP contribution in [0.4, 0.5) is 4.79 Å². The van der Waals surface area contributed by atoms with E-state index in [1.54, 1.807) is 11.1 Å². The first-order valence-corrected chi connectivity index (χ1v) is 8.87. The number of nitrogens with one attached hydrogen (secondary N) is 1. The summed E-state index contributed by atoms with van der Waals surface area (Å²) in [6, 6.07) is 17.8. The Morgan fingerprint density at radius 1 is 1.07 bits per heavy atom. The maximum atomic E-state index is 12.2. The topological polar surface area (TPSA) is 75.0 Å². The van der Waals surface area contributed by atoms with E-state index >= 15 is 0 Å². The lowest BCUT2D eigenvalue weighted by Gasteiger charge is -2.23. The predicted octanol–water partition coefficient (Wildman–Crippen LogP) is 4.21. The van der Waals surface area contributed by atoms with Crippen molar-refractivity contribution in [2.75, 3.05) is 0 Å². The Hall–Kier alpha value is -3.60. The third kappa shape index (κ3) is 2.47. The minimum atomic E-state index is -0.413. The molecule has 4 aromatic rings. The van der Waals surface area contributed by atoms with Crippen molar-refractivity contribution in [3.63, 3.8) is 0 Å². The van der Waals surface area contributed by atoms with Crippen molar-refractivity contribution in [1.82, 2.24) is 14.9 Å². The molecule has 5 heteroatoms. The number of nitrogens with two attached hydrogens (primary N) is 1. The molecular formula is C22H18N4O. The molecule has 0 bridgehead atoms. The van der Waals surface area contributed by atoms with Gasteiger partial charge in [-0.1, -0.05) is 36.4 Å². The van der Waals surface area contributed by atoms with Gasteiger partial charge in [0.25, 0.3) is 0 Å². The highest BCUT2D eigenvalue weighted by molar-refractivity contribution is 5.86. The van der Waals surface area contributed by atoms with Gasteiger partial charge in [0.2, 0.25) is 0 Å². The number of para-hydroxylation sites is 1.